The molecule has 0 bridgehead atoms. The predicted molar refractivity (Wildman–Crippen MR) is 87.6 cm³/mol. The minimum absolute atomic E-state index is 0.0156. The predicted octanol–water partition coefficient (Wildman–Crippen LogP) is 2.99. The molecule has 1 atom stereocenters. The van der Waals surface area contributed by atoms with Crippen LogP contribution in [0.15, 0.2) is 36.4 Å². The Bertz CT molecular complexity index is 742. The van der Waals surface area contributed by atoms with Gasteiger partial charge in [0, 0.05) is 11.8 Å². The van der Waals surface area contributed by atoms with Gasteiger partial charge in [-0.05, 0) is 35.7 Å². The van der Waals surface area contributed by atoms with Gasteiger partial charge in [0.1, 0.15) is 5.75 Å². The summed E-state index contributed by atoms with van der Waals surface area (Å²) in [4.78, 5) is 12.4. The number of ether oxygens (including phenoxy) is 3. The minimum Gasteiger partial charge on any atom is -0.497 e. The van der Waals surface area contributed by atoms with Crippen molar-refractivity contribution < 1.29 is 19.0 Å². The molecule has 23 heavy (non-hydrogen) atoms. The number of fused-ring (bicyclic) bond motifs is 1. The van der Waals surface area contributed by atoms with Gasteiger partial charge in [-0.3, -0.25) is 4.79 Å². The van der Waals surface area contributed by atoms with E-state index < -0.39 is 0 Å². The van der Waals surface area contributed by atoms with E-state index in [9.17, 15) is 4.79 Å². The summed E-state index contributed by atoms with van der Waals surface area (Å²) in [7, 11) is 4.80. The number of carbonyl (C=O) groups excluding carboxylic acids is 1. The molecule has 5 heteroatoms. The number of hydrogen-bond acceptors (Lipinski definition) is 4. The number of carbonyl (C=O) groups is 1. The molecule has 0 radical (unpaired) electrons. The van der Waals surface area contributed by atoms with Crippen molar-refractivity contribution in [1.82, 2.24) is 0 Å². The van der Waals surface area contributed by atoms with Crippen molar-refractivity contribution in [3.8, 4) is 17.2 Å². The van der Waals surface area contributed by atoms with Crippen LogP contribution >= 0.6 is 0 Å². The summed E-state index contributed by atoms with van der Waals surface area (Å²) < 4.78 is 15.9. The molecule has 3 rings (SSSR count). The van der Waals surface area contributed by atoms with Gasteiger partial charge in [0.2, 0.25) is 5.91 Å². The van der Waals surface area contributed by atoms with Gasteiger partial charge in [-0.15, -0.1) is 0 Å². The molecule has 2 aromatic carbocycles. The van der Waals surface area contributed by atoms with Crippen molar-refractivity contribution in [2.45, 2.75) is 12.3 Å². The Morgan fingerprint density at radius 3 is 2.43 bits per heavy atom. The highest BCUT2D eigenvalue weighted by molar-refractivity contribution is 6.03. The monoisotopic (exact) mass is 313 g/mol. The Kier molecular flexibility index (Phi) is 4.10. The summed E-state index contributed by atoms with van der Waals surface area (Å²) in [5, 5.41) is 2.92. The van der Waals surface area contributed by atoms with Crippen LogP contribution in [0.4, 0.5) is 5.69 Å². The van der Waals surface area contributed by atoms with Crippen molar-refractivity contribution >= 4 is 11.6 Å². The van der Waals surface area contributed by atoms with Crippen LogP contribution in [0.2, 0.25) is 0 Å². The lowest BCUT2D eigenvalue weighted by Gasteiger charge is -2.13. The first-order chi connectivity index (χ1) is 11.2. The van der Waals surface area contributed by atoms with Crippen LogP contribution in [0, 0.1) is 0 Å². The lowest BCUT2D eigenvalue weighted by molar-refractivity contribution is -0.117. The first-order valence-electron chi connectivity index (χ1n) is 7.36. The van der Waals surface area contributed by atoms with Gasteiger partial charge in [0.15, 0.2) is 11.5 Å². The average Bonchev–Trinajstić information content (AvgIpc) is 2.88. The summed E-state index contributed by atoms with van der Waals surface area (Å²) in [5.74, 6) is 1.75. The molecule has 1 heterocycles. The molecule has 0 aromatic heterocycles. The van der Waals surface area contributed by atoms with Crippen LogP contribution in [0.25, 0.3) is 0 Å². The Hall–Kier alpha value is -2.69. The number of hydrogen-bond donors (Lipinski definition) is 1. The van der Waals surface area contributed by atoms with Crippen LogP contribution in [0.3, 0.4) is 0 Å². The number of benzene rings is 2. The molecule has 1 amide bonds. The molecule has 1 N–H and O–H groups in total. The molecule has 0 saturated heterocycles. The van der Waals surface area contributed by atoms with Gasteiger partial charge in [0.05, 0.1) is 27.2 Å². The highest BCUT2D eigenvalue weighted by Crippen LogP contribution is 2.42. The molecular formula is C18H19NO4. The van der Waals surface area contributed by atoms with Gasteiger partial charge >= 0.3 is 0 Å². The van der Waals surface area contributed by atoms with Crippen LogP contribution in [-0.2, 0) is 11.2 Å². The van der Waals surface area contributed by atoms with E-state index in [0.717, 1.165) is 22.6 Å². The number of nitrogens with one attached hydrogen (secondary N) is 1. The quantitative estimate of drug-likeness (QED) is 0.922. The number of anilines is 1. The maximum Gasteiger partial charge on any atom is 0.232 e. The fourth-order valence-corrected chi connectivity index (χ4v) is 2.89. The minimum atomic E-state index is -0.253. The van der Waals surface area contributed by atoms with E-state index in [-0.39, 0.29) is 11.8 Å². The maximum absolute atomic E-state index is 12.4. The molecular weight excluding hydrogens is 294 g/mol. The van der Waals surface area contributed by atoms with Crippen molar-refractivity contribution in [1.29, 1.82) is 0 Å². The molecule has 0 spiro atoms. The van der Waals surface area contributed by atoms with Gasteiger partial charge in [-0.2, -0.15) is 0 Å². The average molecular weight is 313 g/mol. The largest absolute Gasteiger partial charge is 0.497 e. The lowest BCUT2D eigenvalue weighted by Crippen LogP contribution is -2.14. The second-order valence-corrected chi connectivity index (χ2v) is 5.39. The first kappa shape index (κ1) is 15.2. The Balaban J connectivity index is 1.94. The zero-order chi connectivity index (χ0) is 16.4. The maximum atomic E-state index is 12.4. The van der Waals surface area contributed by atoms with E-state index in [1.54, 1.807) is 27.4 Å². The Morgan fingerprint density at radius 1 is 1.00 bits per heavy atom. The second kappa shape index (κ2) is 6.20. The van der Waals surface area contributed by atoms with E-state index in [1.165, 1.54) is 0 Å². The van der Waals surface area contributed by atoms with Gasteiger partial charge < -0.3 is 19.5 Å². The van der Waals surface area contributed by atoms with Gasteiger partial charge in [-0.25, -0.2) is 0 Å². The topological polar surface area (TPSA) is 56.8 Å². The normalized spacial score (nSPS) is 15.8. The lowest BCUT2D eigenvalue weighted by atomic mass is 9.93. The third-order valence-electron chi connectivity index (χ3n) is 4.08. The second-order valence-electron chi connectivity index (χ2n) is 5.39. The molecule has 5 nitrogen and oxygen atoms in total. The smallest absolute Gasteiger partial charge is 0.232 e. The molecule has 120 valence electrons. The molecule has 2 aromatic rings. The third-order valence-corrected chi connectivity index (χ3v) is 4.08. The van der Waals surface area contributed by atoms with Crippen LogP contribution in [0.1, 0.15) is 17.0 Å². The summed E-state index contributed by atoms with van der Waals surface area (Å²) in [6.07, 6.45) is 0.603. The molecule has 1 aliphatic heterocycles. The number of methoxy groups -OCH3 is 3. The van der Waals surface area contributed by atoms with Gasteiger partial charge in [0.25, 0.3) is 0 Å². The van der Waals surface area contributed by atoms with E-state index in [2.05, 4.69) is 5.32 Å². The fraction of sp³-hybridized carbons (Fsp3) is 0.278. The van der Waals surface area contributed by atoms with Crippen LogP contribution in [-0.4, -0.2) is 27.2 Å². The SMILES string of the molecule is COc1cccc(CC2C(=O)Nc3cc(OC)c(OC)cc32)c1. The van der Waals surface area contributed by atoms with E-state index in [4.69, 9.17) is 14.2 Å². The van der Waals surface area contributed by atoms with E-state index >= 15 is 0 Å². The summed E-state index contributed by atoms with van der Waals surface area (Å²) in [5.41, 5.74) is 2.75. The standard InChI is InChI=1S/C18H19NO4/c1-21-12-6-4-5-11(7-12)8-14-13-9-16(22-2)17(23-3)10-15(13)19-18(14)20/h4-7,9-10,14H,8H2,1-3H3,(H,19,20). The molecule has 0 saturated carbocycles. The number of rotatable bonds is 5. The van der Waals surface area contributed by atoms with Crippen molar-refractivity contribution in [2.75, 3.05) is 26.6 Å². The third kappa shape index (κ3) is 2.82. The Labute approximate surface area is 135 Å². The van der Waals surface area contributed by atoms with Crippen molar-refractivity contribution in [2.24, 2.45) is 0 Å². The number of amides is 1. The van der Waals surface area contributed by atoms with E-state index in [0.29, 0.717) is 17.9 Å². The van der Waals surface area contributed by atoms with Crippen molar-refractivity contribution in [3.05, 3.63) is 47.5 Å². The van der Waals surface area contributed by atoms with E-state index in [1.807, 2.05) is 30.3 Å². The highest BCUT2D eigenvalue weighted by Gasteiger charge is 2.32. The summed E-state index contributed by atoms with van der Waals surface area (Å²) in [6, 6.07) is 11.4. The van der Waals surface area contributed by atoms with Crippen LogP contribution in [0.5, 0.6) is 17.2 Å². The molecule has 1 unspecified atom stereocenters. The first-order valence-corrected chi connectivity index (χ1v) is 7.36. The summed E-state index contributed by atoms with van der Waals surface area (Å²) in [6.45, 7) is 0. The molecule has 0 aliphatic carbocycles. The Morgan fingerprint density at radius 2 is 1.74 bits per heavy atom. The summed E-state index contributed by atoms with van der Waals surface area (Å²) >= 11 is 0. The zero-order valence-electron chi connectivity index (χ0n) is 13.4. The molecule has 0 fully saturated rings. The van der Waals surface area contributed by atoms with Gasteiger partial charge in [-0.1, -0.05) is 12.1 Å². The van der Waals surface area contributed by atoms with Crippen molar-refractivity contribution in [3.63, 3.8) is 0 Å². The fourth-order valence-electron chi connectivity index (χ4n) is 2.89. The zero-order valence-corrected chi connectivity index (χ0v) is 13.4. The molecule has 1 aliphatic rings. The highest BCUT2D eigenvalue weighted by atomic mass is 16.5. The van der Waals surface area contributed by atoms with Crippen LogP contribution < -0.4 is 19.5 Å².